The molecule has 4 aromatic rings. The summed E-state index contributed by atoms with van der Waals surface area (Å²) in [6.45, 7) is 0.615. The number of ether oxygens (including phenoxy) is 2. The molecule has 0 saturated heterocycles. The van der Waals surface area contributed by atoms with Gasteiger partial charge in [0.1, 0.15) is 11.6 Å². The van der Waals surface area contributed by atoms with Crippen molar-refractivity contribution < 1.29 is 14.3 Å². The van der Waals surface area contributed by atoms with Crippen molar-refractivity contribution in [2.75, 3.05) is 26.2 Å². The van der Waals surface area contributed by atoms with Gasteiger partial charge in [0.2, 0.25) is 0 Å². The summed E-state index contributed by atoms with van der Waals surface area (Å²) in [5.41, 5.74) is 4.82. The number of esters is 1. The van der Waals surface area contributed by atoms with Crippen LogP contribution < -0.4 is 9.64 Å². The van der Waals surface area contributed by atoms with Gasteiger partial charge in [0.15, 0.2) is 0 Å². The summed E-state index contributed by atoms with van der Waals surface area (Å²) in [7, 11) is 4.96. The minimum absolute atomic E-state index is 0.410. The third-order valence-electron chi connectivity index (χ3n) is 5.40. The van der Waals surface area contributed by atoms with Gasteiger partial charge in [-0.15, -0.1) is 0 Å². The van der Waals surface area contributed by atoms with Crippen molar-refractivity contribution in [2.45, 2.75) is 6.54 Å². The Morgan fingerprint density at radius 3 is 2.34 bits per heavy atom. The molecule has 0 spiro atoms. The first-order valence-corrected chi connectivity index (χ1v) is 11.0. The van der Waals surface area contributed by atoms with E-state index in [1.54, 1.807) is 31.6 Å². The number of aromatic nitrogens is 2. The zero-order valence-electron chi connectivity index (χ0n) is 19.9. The lowest BCUT2D eigenvalue weighted by Gasteiger charge is -2.20. The molecule has 4 rings (SSSR count). The van der Waals surface area contributed by atoms with Crippen LogP contribution in [-0.4, -0.2) is 37.2 Å². The Morgan fingerprint density at radius 1 is 0.943 bits per heavy atom. The smallest absolute Gasteiger partial charge is 0.338 e. The topological polar surface area (TPSA) is 64.5 Å². The van der Waals surface area contributed by atoms with E-state index in [1.807, 2.05) is 72.6 Å². The molecule has 0 aliphatic rings. The molecule has 0 aliphatic heterocycles. The predicted octanol–water partition coefficient (Wildman–Crippen LogP) is 4.98. The van der Waals surface area contributed by atoms with Crippen LogP contribution in [0.15, 0.2) is 85.2 Å². The van der Waals surface area contributed by atoms with Crippen LogP contribution in [0, 0.1) is 11.8 Å². The van der Waals surface area contributed by atoms with Crippen LogP contribution in [0.4, 0.5) is 5.82 Å². The molecule has 0 aliphatic carbocycles. The highest BCUT2D eigenvalue weighted by Crippen LogP contribution is 2.25. The maximum atomic E-state index is 12.4. The fourth-order valence-corrected chi connectivity index (χ4v) is 3.49. The first-order chi connectivity index (χ1) is 17.1. The molecule has 0 unspecified atom stereocenters. The number of benzene rings is 2. The molecule has 0 atom stereocenters. The third-order valence-corrected chi connectivity index (χ3v) is 5.40. The van der Waals surface area contributed by atoms with E-state index in [2.05, 4.69) is 16.8 Å². The second-order valence-electron chi connectivity index (χ2n) is 7.86. The zero-order valence-corrected chi connectivity index (χ0v) is 19.9. The van der Waals surface area contributed by atoms with Crippen molar-refractivity contribution in [3.8, 4) is 28.8 Å². The number of pyridine rings is 2. The summed E-state index contributed by atoms with van der Waals surface area (Å²) in [4.78, 5) is 23.3. The van der Waals surface area contributed by atoms with Crippen LogP contribution in [0.5, 0.6) is 5.75 Å². The maximum Gasteiger partial charge on any atom is 0.338 e. The molecule has 0 amide bonds. The van der Waals surface area contributed by atoms with Gasteiger partial charge in [-0.25, -0.2) is 9.78 Å². The van der Waals surface area contributed by atoms with Gasteiger partial charge in [0.05, 0.1) is 25.5 Å². The summed E-state index contributed by atoms with van der Waals surface area (Å²) < 4.78 is 10.2. The van der Waals surface area contributed by atoms with Gasteiger partial charge in [-0.3, -0.25) is 4.98 Å². The third kappa shape index (κ3) is 6.04. The van der Waals surface area contributed by atoms with Crippen LogP contribution in [0.25, 0.3) is 11.3 Å². The highest BCUT2D eigenvalue weighted by molar-refractivity contribution is 5.91. The highest BCUT2D eigenvalue weighted by Gasteiger charge is 2.14. The Bertz CT molecular complexity index is 1360. The molecule has 0 bridgehead atoms. The van der Waals surface area contributed by atoms with Crippen molar-refractivity contribution in [1.82, 2.24) is 9.97 Å². The highest BCUT2D eigenvalue weighted by atomic mass is 16.5. The summed E-state index contributed by atoms with van der Waals surface area (Å²) in [5, 5.41) is 0. The van der Waals surface area contributed by atoms with Gasteiger partial charge in [-0.05, 0) is 54.1 Å². The number of anilines is 1. The molecular formula is C29H25N3O3. The fourth-order valence-electron chi connectivity index (χ4n) is 3.49. The van der Waals surface area contributed by atoms with E-state index < -0.39 is 5.97 Å². The summed E-state index contributed by atoms with van der Waals surface area (Å²) in [5.74, 6) is 7.30. The molecule has 2 aromatic carbocycles. The monoisotopic (exact) mass is 463 g/mol. The van der Waals surface area contributed by atoms with Crippen molar-refractivity contribution in [3.63, 3.8) is 0 Å². The average molecular weight is 464 g/mol. The van der Waals surface area contributed by atoms with Crippen LogP contribution in [0.2, 0.25) is 0 Å². The van der Waals surface area contributed by atoms with Crippen LogP contribution in [-0.2, 0) is 11.3 Å². The standard InChI is InChI=1S/C29H25N3O3/c1-32(20-23-10-14-26(34-2)15-11-23)28-18-25(29(33)35-3)17-27(31-28)24-12-8-21(9-13-24)6-7-22-5-4-16-30-19-22/h4-5,8-19H,20H2,1-3H3. The second kappa shape index (κ2) is 11.0. The number of carbonyl (C=O) groups is 1. The Hall–Kier alpha value is -4.63. The molecule has 0 N–H and O–H groups in total. The summed E-state index contributed by atoms with van der Waals surface area (Å²) >= 11 is 0. The quantitative estimate of drug-likeness (QED) is 0.297. The molecule has 0 fully saturated rings. The first kappa shape index (κ1) is 23.5. The van der Waals surface area contributed by atoms with Crippen molar-refractivity contribution >= 4 is 11.8 Å². The number of rotatable bonds is 6. The zero-order chi connectivity index (χ0) is 24.6. The van der Waals surface area contributed by atoms with Gasteiger partial charge in [-0.2, -0.15) is 0 Å². The lowest BCUT2D eigenvalue weighted by Crippen LogP contribution is -2.18. The molecule has 35 heavy (non-hydrogen) atoms. The molecule has 6 heteroatoms. The van der Waals surface area contributed by atoms with E-state index in [4.69, 9.17) is 14.5 Å². The van der Waals surface area contributed by atoms with Gasteiger partial charge in [0, 0.05) is 42.7 Å². The first-order valence-electron chi connectivity index (χ1n) is 11.0. The number of hydrogen-bond acceptors (Lipinski definition) is 6. The van der Waals surface area contributed by atoms with Crippen LogP contribution >= 0.6 is 0 Å². The molecule has 6 nitrogen and oxygen atoms in total. The van der Waals surface area contributed by atoms with E-state index in [1.165, 1.54) is 7.11 Å². The van der Waals surface area contributed by atoms with Gasteiger partial charge in [-0.1, -0.05) is 36.1 Å². The lowest BCUT2D eigenvalue weighted by atomic mass is 10.1. The minimum Gasteiger partial charge on any atom is -0.497 e. The van der Waals surface area contributed by atoms with Gasteiger partial charge < -0.3 is 14.4 Å². The largest absolute Gasteiger partial charge is 0.497 e. The van der Waals surface area contributed by atoms with E-state index in [9.17, 15) is 4.79 Å². The Balaban J connectivity index is 1.61. The summed E-state index contributed by atoms with van der Waals surface area (Å²) in [6.07, 6.45) is 3.45. The number of nitrogens with zero attached hydrogens (tertiary/aromatic N) is 3. The molecular weight excluding hydrogens is 438 g/mol. The van der Waals surface area contributed by atoms with Crippen molar-refractivity contribution in [1.29, 1.82) is 0 Å². The minimum atomic E-state index is -0.410. The second-order valence-corrected chi connectivity index (χ2v) is 7.86. The van der Waals surface area contributed by atoms with E-state index >= 15 is 0 Å². The lowest BCUT2D eigenvalue weighted by molar-refractivity contribution is 0.0600. The number of methoxy groups -OCH3 is 2. The van der Waals surface area contributed by atoms with Crippen molar-refractivity contribution in [2.24, 2.45) is 0 Å². The Morgan fingerprint density at radius 2 is 1.69 bits per heavy atom. The van der Waals surface area contributed by atoms with E-state index in [0.29, 0.717) is 23.6 Å². The molecule has 174 valence electrons. The van der Waals surface area contributed by atoms with E-state index in [-0.39, 0.29) is 0 Å². The maximum absolute atomic E-state index is 12.4. The molecule has 0 radical (unpaired) electrons. The molecule has 0 saturated carbocycles. The van der Waals surface area contributed by atoms with Crippen LogP contribution in [0.1, 0.15) is 27.0 Å². The normalized spacial score (nSPS) is 10.1. The van der Waals surface area contributed by atoms with Gasteiger partial charge >= 0.3 is 5.97 Å². The van der Waals surface area contributed by atoms with Gasteiger partial charge in [0.25, 0.3) is 0 Å². The van der Waals surface area contributed by atoms with Crippen molar-refractivity contribution in [3.05, 3.63) is 107 Å². The fraction of sp³-hybridized carbons (Fsp3) is 0.138. The average Bonchev–Trinajstić information content (AvgIpc) is 2.92. The summed E-state index contributed by atoms with van der Waals surface area (Å²) in [6, 6.07) is 22.9. The SMILES string of the molecule is COC(=O)c1cc(-c2ccc(C#Cc3cccnc3)cc2)nc(N(C)Cc2ccc(OC)cc2)c1. The molecule has 2 heterocycles. The van der Waals surface area contributed by atoms with E-state index in [0.717, 1.165) is 28.0 Å². The van der Waals surface area contributed by atoms with Crippen LogP contribution in [0.3, 0.4) is 0 Å². The Kier molecular flexibility index (Phi) is 7.39. The number of hydrogen-bond donors (Lipinski definition) is 0. The predicted molar refractivity (Wildman–Crippen MR) is 136 cm³/mol. The number of carbonyl (C=O) groups excluding carboxylic acids is 1. The molecule has 2 aromatic heterocycles. The Labute approximate surface area is 205 Å².